The van der Waals surface area contributed by atoms with Crippen molar-refractivity contribution in [1.29, 1.82) is 0 Å². The third kappa shape index (κ3) is 3.04. The Morgan fingerprint density at radius 3 is 2.24 bits per heavy atom. The Morgan fingerprint density at radius 2 is 1.62 bits per heavy atom. The van der Waals surface area contributed by atoms with Crippen molar-refractivity contribution in [1.82, 2.24) is 0 Å². The predicted octanol–water partition coefficient (Wildman–Crippen LogP) is 3.33. The maximum atomic E-state index is 12.3. The first-order chi connectivity index (χ1) is 10.2. The minimum Gasteiger partial charge on any atom is -0.344 e. The molecule has 0 aliphatic carbocycles. The molecule has 3 rings (SSSR count). The van der Waals surface area contributed by atoms with Crippen LogP contribution in [-0.4, -0.2) is 19.0 Å². The zero-order chi connectivity index (χ0) is 14.7. The number of Topliss-reactive ketones (excluding diaryl/α,β-unsaturated/α-hetero) is 1. The first kappa shape index (κ1) is 14.0. The molecule has 3 heteroatoms. The lowest BCUT2D eigenvalue weighted by molar-refractivity contribution is -0.149. The largest absolute Gasteiger partial charge is 0.344 e. The second-order valence-corrected chi connectivity index (χ2v) is 5.31. The van der Waals surface area contributed by atoms with Crippen molar-refractivity contribution in [3.8, 4) is 0 Å². The van der Waals surface area contributed by atoms with E-state index in [-0.39, 0.29) is 5.78 Å². The minimum atomic E-state index is -0.680. The number of carbonyl (C=O) groups is 1. The van der Waals surface area contributed by atoms with Crippen LogP contribution < -0.4 is 0 Å². The van der Waals surface area contributed by atoms with Gasteiger partial charge in [-0.1, -0.05) is 54.6 Å². The molecule has 0 unspecified atom stereocenters. The van der Waals surface area contributed by atoms with Crippen molar-refractivity contribution >= 4 is 5.78 Å². The smallest absolute Gasteiger partial charge is 0.192 e. The number of carbonyl (C=O) groups excluding carboxylic acids is 1. The fraction of sp³-hybridized carbons (Fsp3) is 0.278. The average molecular weight is 282 g/mol. The summed E-state index contributed by atoms with van der Waals surface area (Å²) in [7, 11) is 0. The van der Waals surface area contributed by atoms with Crippen molar-refractivity contribution in [2.75, 3.05) is 13.2 Å². The molecule has 0 saturated carbocycles. The van der Waals surface area contributed by atoms with Gasteiger partial charge in [0.15, 0.2) is 11.6 Å². The quantitative estimate of drug-likeness (QED) is 0.807. The van der Waals surface area contributed by atoms with E-state index in [4.69, 9.17) is 9.47 Å². The molecule has 21 heavy (non-hydrogen) atoms. The highest BCUT2D eigenvalue weighted by molar-refractivity contribution is 5.97. The third-order valence-corrected chi connectivity index (χ3v) is 3.78. The van der Waals surface area contributed by atoms with Gasteiger partial charge in [-0.05, 0) is 12.5 Å². The molecule has 108 valence electrons. The lowest BCUT2D eigenvalue weighted by atomic mass is 10.00. The summed E-state index contributed by atoms with van der Waals surface area (Å²) < 4.78 is 11.2. The number of hydrogen-bond donors (Lipinski definition) is 0. The van der Waals surface area contributed by atoms with E-state index in [0.29, 0.717) is 25.2 Å². The van der Waals surface area contributed by atoms with E-state index in [0.717, 1.165) is 11.1 Å². The topological polar surface area (TPSA) is 35.5 Å². The Kier molecular flexibility index (Phi) is 3.86. The van der Waals surface area contributed by atoms with Gasteiger partial charge in [0, 0.05) is 17.5 Å². The first-order valence-electron chi connectivity index (χ1n) is 7.13. The van der Waals surface area contributed by atoms with Gasteiger partial charge in [-0.25, -0.2) is 0 Å². The zero-order valence-corrected chi connectivity index (χ0v) is 12.0. The third-order valence-electron chi connectivity index (χ3n) is 3.78. The first-order valence-corrected chi connectivity index (χ1v) is 7.13. The number of ketones is 1. The number of ether oxygens (including phenoxy) is 2. The van der Waals surface area contributed by atoms with Crippen molar-refractivity contribution in [3.05, 3.63) is 71.3 Å². The number of hydrogen-bond acceptors (Lipinski definition) is 3. The van der Waals surface area contributed by atoms with Crippen molar-refractivity contribution in [2.45, 2.75) is 19.1 Å². The fourth-order valence-electron chi connectivity index (χ4n) is 2.52. The fourth-order valence-corrected chi connectivity index (χ4v) is 2.52. The summed E-state index contributed by atoms with van der Waals surface area (Å²) in [6, 6.07) is 17.3. The van der Waals surface area contributed by atoms with Gasteiger partial charge in [0.2, 0.25) is 0 Å². The normalized spacial score (nSPS) is 16.8. The molecular formula is C18H18O3. The molecule has 1 saturated heterocycles. The average Bonchev–Trinajstić information content (AvgIpc) is 2.96. The van der Waals surface area contributed by atoms with Crippen LogP contribution in [-0.2, 0) is 21.7 Å². The molecule has 0 N–H and O–H groups in total. The highest BCUT2D eigenvalue weighted by Crippen LogP contribution is 2.30. The SMILES string of the molecule is CC1(c2ccc(C(=O)Cc3ccccc3)cc2)OCCO1. The van der Waals surface area contributed by atoms with Crippen LogP contribution in [0.4, 0.5) is 0 Å². The molecule has 3 nitrogen and oxygen atoms in total. The summed E-state index contributed by atoms with van der Waals surface area (Å²) in [6.07, 6.45) is 0.421. The van der Waals surface area contributed by atoms with E-state index in [9.17, 15) is 4.79 Å². The standard InChI is InChI=1S/C18H18O3/c1-18(20-11-12-21-18)16-9-7-15(8-10-16)17(19)13-14-5-3-2-4-6-14/h2-10H,11-13H2,1H3. The summed E-state index contributed by atoms with van der Waals surface area (Å²) in [5.41, 5.74) is 2.68. The van der Waals surface area contributed by atoms with Gasteiger partial charge in [0.25, 0.3) is 0 Å². The van der Waals surface area contributed by atoms with Crippen molar-refractivity contribution in [2.24, 2.45) is 0 Å². The van der Waals surface area contributed by atoms with Crippen LogP contribution in [0.25, 0.3) is 0 Å². The molecule has 0 amide bonds. The molecular weight excluding hydrogens is 264 g/mol. The van der Waals surface area contributed by atoms with Crippen LogP contribution in [0, 0.1) is 0 Å². The van der Waals surface area contributed by atoms with Gasteiger partial charge in [-0.3, -0.25) is 4.79 Å². The summed E-state index contributed by atoms with van der Waals surface area (Å²) >= 11 is 0. The Balaban J connectivity index is 1.73. The molecule has 1 aliphatic rings. The second-order valence-electron chi connectivity index (χ2n) is 5.31. The van der Waals surface area contributed by atoms with Gasteiger partial charge >= 0.3 is 0 Å². The summed E-state index contributed by atoms with van der Waals surface area (Å²) in [6.45, 7) is 3.11. The molecule has 0 spiro atoms. The lowest BCUT2D eigenvalue weighted by Gasteiger charge is -2.22. The van der Waals surface area contributed by atoms with Crippen LogP contribution >= 0.6 is 0 Å². The highest BCUT2D eigenvalue weighted by atomic mass is 16.7. The molecule has 1 heterocycles. The van der Waals surface area contributed by atoms with E-state index in [1.54, 1.807) is 0 Å². The van der Waals surface area contributed by atoms with Gasteiger partial charge < -0.3 is 9.47 Å². The Hall–Kier alpha value is -1.97. The summed E-state index contributed by atoms with van der Waals surface area (Å²) in [4.78, 5) is 12.3. The summed E-state index contributed by atoms with van der Waals surface area (Å²) in [5.74, 6) is -0.563. The van der Waals surface area contributed by atoms with Gasteiger partial charge in [-0.2, -0.15) is 0 Å². The van der Waals surface area contributed by atoms with Crippen LogP contribution in [0.2, 0.25) is 0 Å². The lowest BCUT2D eigenvalue weighted by Crippen LogP contribution is -2.22. The maximum Gasteiger partial charge on any atom is 0.192 e. The molecule has 0 atom stereocenters. The van der Waals surface area contributed by atoms with Crippen molar-refractivity contribution in [3.63, 3.8) is 0 Å². The Bertz CT molecular complexity index is 611. The van der Waals surface area contributed by atoms with Crippen LogP contribution in [0.3, 0.4) is 0 Å². The maximum absolute atomic E-state index is 12.3. The molecule has 0 aromatic heterocycles. The van der Waals surface area contributed by atoms with E-state index in [2.05, 4.69) is 0 Å². The summed E-state index contributed by atoms with van der Waals surface area (Å²) in [5, 5.41) is 0. The molecule has 1 fully saturated rings. The van der Waals surface area contributed by atoms with Crippen LogP contribution in [0.1, 0.15) is 28.4 Å². The van der Waals surface area contributed by atoms with Crippen LogP contribution in [0.5, 0.6) is 0 Å². The molecule has 1 aliphatic heterocycles. The van der Waals surface area contributed by atoms with E-state index in [1.165, 1.54) is 0 Å². The zero-order valence-electron chi connectivity index (χ0n) is 12.0. The van der Waals surface area contributed by atoms with E-state index in [1.807, 2.05) is 61.5 Å². The number of rotatable bonds is 4. The minimum absolute atomic E-state index is 0.117. The van der Waals surface area contributed by atoms with Gasteiger partial charge in [-0.15, -0.1) is 0 Å². The van der Waals surface area contributed by atoms with E-state index >= 15 is 0 Å². The molecule has 0 radical (unpaired) electrons. The van der Waals surface area contributed by atoms with Crippen molar-refractivity contribution < 1.29 is 14.3 Å². The highest BCUT2D eigenvalue weighted by Gasteiger charge is 2.32. The van der Waals surface area contributed by atoms with Gasteiger partial charge in [0.05, 0.1) is 13.2 Å². The Labute approximate surface area is 124 Å². The monoisotopic (exact) mass is 282 g/mol. The predicted molar refractivity (Wildman–Crippen MR) is 80.2 cm³/mol. The van der Waals surface area contributed by atoms with Crippen LogP contribution in [0.15, 0.2) is 54.6 Å². The Morgan fingerprint density at radius 1 is 1.00 bits per heavy atom. The second kappa shape index (κ2) is 5.80. The molecule has 0 bridgehead atoms. The molecule has 2 aromatic carbocycles. The van der Waals surface area contributed by atoms with Gasteiger partial charge in [0.1, 0.15) is 0 Å². The molecule has 2 aromatic rings. The number of benzene rings is 2. The van der Waals surface area contributed by atoms with E-state index < -0.39 is 5.79 Å².